The number of rotatable bonds is 5. The second kappa shape index (κ2) is 11.3. The number of hydrogen-bond donors (Lipinski definition) is 2. The van der Waals surface area contributed by atoms with Gasteiger partial charge < -0.3 is 10.6 Å². The fourth-order valence-corrected chi connectivity index (χ4v) is 6.56. The molecular formula is C32H31F2N5O2. The highest BCUT2D eigenvalue weighted by Gasteiger charge is 2.40. The largest absolute Gasteiger partial charge is 0.337 e. The summed E-state index contributed by atoms with van der Waals surface area (Å²) in [5.74, 6) is -1.35. The highest BCUT2D eigenvalue weighted by molar-refractivity contribution is 6.04. The molecule has 4 amide bonds. The number of carbonyl (C=O) groups is 2. The van der Waals surface area contributed by atoms with Crippen molar-refractivity contribution in [2.24, 2.45) is 5.92 Å². The first-order chi connectivity index (χ1) is 19.9. The van der Waals surface area contributed by atoms with Gasteiger partial charge in [0.2, 0.25) is 0 Å². The summed E-state index contributed by atoms with van der Waals surface area (Å²) in [6.07, 6.45) is 4.26. The van der Waals surface area contributed by atoms with E-state index in [1.807, 2.05) is 18.2 Å². The Balaban J connectivity index is 1.06. The molecule has 1 atom stereocenters. The molecule has 7 nitrogen and oxygen atoms in total. The number of amides is 4. The summed E-state index contributed by atoms with van der Waals surface area (Å²) in [7, 11) is 0. The minimum absolute atomic E-state index is 0.262. The van der Waals surface area contributed by atoms with E-state index in [1.54, 1.807) is 24.3 Å². The number of anilines is 1. The second-order valence-electron chi connectivity index (χ2n) is 11.2. The summed E-state index contributed by atoms with van der Waals surface area (Å²) in [4.78, 5) is 29.9. The predicted octanol–water partition coefficient (Wildman–Crippen LogP) is 6.14. The van der Waals surface area contributed by atoms with Crippen LogP contribution in [0.1, 0.15) is 59.9 Å². The number of para-hydroxylation sites is 1. The van der Waals surface area contributed by atoms with Crippen molar-refractivity contribution in [1.82, 2.24) is 15.1 Å². The third-order valence-electron chi connectivity index (χ3n) is 8.71. The molecule has 0 aromatic heterocycles. The van der Waals surface area contributed by atoms with Crippen molar-refractivity contribution in [3.8, 4) is 6.07 Å². The van der Waals surface area contributed by atoms with Gasteiger partial charge in [-0.25, -0.2) is 23.3 Å². The van der Waals surface area contributed by atoms with Gasteiger partial charge >= 0.3 is 12.1 Å². The Morgan fingerprint density at radius 3 is 2.39 bits per heavy atom. The topological polar surface area (TPSA) is 88.5 Å². The molecular weight excluding hydrogens is 524 g/mol. The number of urea groups is 2. The third kappa shape index (κ3) is 5.27. The van der Waals surface area contributed by atoms with E-state index in [0.29, 0.717) is 35.3 Å². The molecule has 3 aromatic carbocycles. The number of carbonyl (C=O) groups excluding carboxylic acids is 2. The molecule has 1 saturated heterocycles. The van der Waals surface area contributed by atoms with Gasteiger partial charge in [-0.05, 0) is 67.0 Å². The van der Waals surface area contributed by atoms with Crippen molar-refractivity contribution in [2.45, 2.75) is 43.7 Å². The van der Waals surface area contributed by atoms with Crippen molar-refractivity contribution in [3.05, 3.63) is 101 Å². The zero-order valence-electron chi connectivity index (χ0n) is 22.5. The van der Waals surface area contributed by atoms with Crippen molar-refractivity contribution >= 4 is 17.7 Å². The highest BCUT2D eigenvalue weighted by atomic mass is 19.2. The van der Waals surface area contributed by atoms with Crippen LogP contribution in [0.4, 0.5) is 24.1 Å². The summed E-state index contributed by atoms with van der Waals surface area (Å²) < 4.78 is 27.8. The average Bonchev–Trinajstić information content (AvgIpc) is 2.97. The maximum absolute atomic E-state index is 14.2. The molecule has 2 N–H and O–H groups in total. The van der Waals surface area contributed by atoms with Crippen LogP contribution >= 0.6 is 0 Å². The fraction of sp³-hybridized carbons (Fsp3) is 0.344. The Kier molecular flexibility index (Phi) is 7.41. The van der Waals surface area contributed by atoms with Crippen LogP contribution in [0.15, 0.2) is 66.7 Å². The van der Waals surface area contributed by atoms with Crippen LogP contribution < -0.4 is 10.6 Å². The van der Waals surface area contributed by atoms with Gasteiger partial charge in [-0.15, -0.1) is 0 Å². The summed E-state index contributed by atoms with van der Waals surface area (Å²) in [6, 6.07) is 19.1. The molecule has 3 aromatic rings. The van der Waals surface area contributed by atoms with E-state index in [1.165, 1.54) is 6.07 Å². The van der Waals surface area contributed by atoms with E-state index in [0.717, 1.165) is 66.9 Å². The van der Waals surface area contributed by atoms with Crippen molar-refractivity contribution < 1.29 is 18.4 Å². The van der Waals surface area contributed by atoms with Gasteiger partial charge in [-0.3, -0.25) is 4.90 Å². The SMILES string of the molecule is N#Cc1ccccc1[C@H]1CC[C@H](N2CC(CNC(=O)N3C(=O)Nc4ccccc4C3c3ccc(F)c(F)c3)C2)CC1. The lowest BCUT2D eigenvalue weighted by atomic mass is 9.78. The highest BCUT2D eigenvalue weighted by Crippen LogP contribution is 2.39. The van der Waals surface area contributed by atoms with Gasteiger partial charge in [-0.2, -0.15) is 5.26 Å². The molecule has 41 heavy (non-hydrogen) atoms. The summed E-state index contributed by atoms with van der Waals surface area (Å²) in [5.41, 5.74) is 3.38. The van der Waals surface area contributed by atoms with Crippen LogP contribution in [-0.2, 0) is 0 Å². The molecule has 1 unspecified atom stereocenters. The maximum atomic E-state index is 14.2. The van der Waals surface area contributed by atoms with E-state index in [9.17, 15) is 23.6 Å². The van der Waals surface area contributed by atoms with E-state index < -0.39 is 29.7 Å². The number of hydrogen-bond acceptors (Lipinski definition) is 4. The monoisotopic (exact) mass is 555 g/mol. The van der Waals surface area contributed by atoms with Gasteiger partial charge in [-0.1, -0.05) is 42.5 Å². The zero-order valence-corrected chi connectivity index (χ0v) is 22.5. The number of imide groups is 1. The zero-order chi connectivity index (χ0) is 28.5. The molecule has 1 saturated carbocycles. The number of fused-ring (bicyclic) bond motifs is 1. The Bertz CT molecular complexity index is 1510. The van der Waals surface area contributed by atoms with Crippen LogP contribution in [0.5, 0.6) is 0 Å². The van der Waals surface area contributed by atoms with Crippen molar-refractivity contribution in [2.75, 3.05) is 25.0 Å². The van der Waals surface area contributed by atoms with Gasteiger partial charge in [0.05, 0.1) is 17.7 Å². The van der Waals surface area contributed by atoms with E-state index in [4.69, 9.17) is 0 Å². The molecule has 3 aliphatic rings. The molecule has 9 heteroatoms. The number of benzene rings is 3. The van der Waals surface area contributed by atoms with Crippen LogP contribution in [0, 0.1) is 28.9 Å². The van der Waals surface area contributed by atoms with Crippen LogP contribution in [0.3, 0.4) is 0 Å². The molecule has 0 bridgehead atoms. The van der Waals surface area contributed by atoms with Gasteiger partial charge in [0.15, 0.2) is 11.6 Å². The average molecular weight is 556 g/mol. The van der Waals surface area contributed by atoms with Crippen LogP contribution in [0.2, 0.25) is 0 Å². The Morgan fingerprint density at radius 1 is 0.951 bits per heavy atom. The van der Waals surface area contributed by atoms with E-state index in [2.05, 4.69) is 27.7 Å². The summed E-state index contributed by atoms with van der Waals surface area (Å²) in [5, 5.41) is 15.1. The maximum Gasteiger partial charge on any atom is 0.330 e. The molecule has 210 valence electrons. The van der Waals surface area contributed by atoms with Crippen LogP contribution in [0.25, 0.3) is 0 Å². The summed E-state index contributed by atoms with van der Waals surface area (Å²) in [6.45, 7) is 2.15. The standard InChI is InChI=1S/C32H31F2N5O2/c33-27-14-11-22(15-28(27)34)30-26-7-3-4-8-29(26)37-32(41)39(30)31(40)36-17-20-18-38(19-20)24-12-9-21(10-13-24)25-6-2-1-5-23(25)16-35/h1-8,11,14-15,20-21,24,30H,9-10,12-13,17-19H2,(H,36,40)(H,37,41)/t21-,24-,30?. The van der Waals surface area contributed by atoms with Crippen LogP contribution in [-0.4, -0.2) is 47.5 Å². The third-order valence-corrected chi connectivity index (χ3v) is 8.71. The lowest BCUT2D eigenvalue weighted by molar-refractivity contribution is 0.0334. The lowest BCUT2D eigenvalue weighted by Gasteiger charge is -2.47. The van der Waals surface area contributed by atoms with Crippen molar-refractivity contribution in [1.29, 1.82) is 5.26 Å². The van der Waals surface area contributed by atoms with Gasteiger partial charge in [0.25, 0.3) is 0 Å². The summed E-state index contributed by atoms with van der Waals surface area (Å²) >= 11 is 0. The quantitative estimate of drug-likeness (QED) is 0.396. The Labute approximate surface area is 237 Å². The Morgan fingerprint density at radius 2 is 1.66 bits per heavy atom. The number of nitrogens with zero attached hydrogens (tertiary/aromatic N) is 3. The van der Waals surface area contributed by atoms with Crippen molar-refractivity contribution in [3.63, 3.8) is 0 Å². The van der Waals surface area contributed by atoms with Gasteiger partial charge in [0.1, 0.15) is 0 Å². The normalized spacial score (nSPS) is 22.7. The predicted molar refractivity (Wildman–Crippen MR) is 150 cm³/mol. The first-order valence-corrected chi connectivity index (χ1v) is 14.1. The molecule has 2 aliphatic heterocycles. The van der Waals surface area contributed by atoms with Gasteiger partial charge in [0, 0.05) is 42.8 Å². The number of nitrogens with one attached hydrogen (secondary N) is 2. The van der Waals surface area contributed by atoms with E-state index >= 15 is 0 Å². The first-order valence-electron chi connectivity index (χ1n) is 14.1. The minimum atomic E-state index is -1.04. The number of likely N-dealkylation sites (tertiary alicyclic amines) is 1. The van der Waals surface area contributed by atoms with E-state index in [-0.39, 0.29) is 5.92 Å². The molecule has 6 rings (SSSR count). The molecule has 0 spiro atoms. The second-order valence-corrected chi connectivity index (χ2v) is 11.2. The molecule has 1 aliphatic carbocycles. The fourth-order valence-electron chi connectivity index (χ4n) is 6.56. The molecule has 2 fully saturated rings. The number of nitriles is 1. The first kappa shape index (κ1) is 26.9. The smallest absolute Gasteiger partial charge is 0.330 e. The lowest BCUT2D eigenvalue weighted by Crippen LogP contribution is -2.57. The molecule has 0 radical (unpaired) electrons. The Hall–Kier alpha value is -4.29. The molecule has 2 heterocycles. The minimum Gasteiger partial charge on any atom is -0.337 e. The number of halogens is 2.